The fraction of sp³-hybridized carbons (Fsp3) is 1.00. The minimum atomic E-state index is 0.351. The lowest BCUT2D eigenvalue weighted by Crippen LogP contribution is -2.26. The molecule has 3 heteroatoms. The second-order valence-electron chi connectivity index (χ2n) is 5.53. The summed E-state index contributed by atoms with van der Waals surface area (Å²) in [6.45, 7) is 14.0. The third-order valence-corrected chi connectivity index (χ3v) is 2.62. The van der Waals surface area contributed by atoms with Gasteiger partial charge in [0.15, 0.2) is 0 Å². The molecule has 17 heavy (non-hydrogen) atoms. The highest BCUT2D eigenvalue weighted by atomic mass is 16.5. The molecule has 0 amide bonds. The summed E-state index contributed by atoms with van der Waals surface area (Å²) in [6, 6.07) is 0. The van der Waals surface area contributed by atoms with Gasteiger partial charge in [-0.05, 0) is 59.3 Å². The summed E-state index contributed by atoms with van der Waals surface area (Å²) in [6.07, 6.45) is 2.88. The second-order valence-corrected chi connectivity index (χ2v) is 5.53. The Kier molecular flexibility index (Phi) is 10.9. The van der Waals surface area contributed by atoms with E-state index in [9.17, 15) is 0 Å². The SMILES string of the molecule is CC(C)CNCCCCN(C)CCOC(C)C. The fourth-order valence-electron chi connectivity index (χ4n) is 1.58. The van der Waals surface area contributed by atoms with Gasteiger partial charge in [0.1, 0.15) is 0 Å². The molecule has 0 aromatic carbocycles. The molecule has 0 heterocycles. The normalized spacial score (nSPS) is 12.0. The first-order chi connectivity index (χ1) is 8.02. The third-order valence-electron chi connectivity index (χ3n) is 2.62. The van der Waals surface area contributed by atoms with Gasteiger partial charge in [-0.2, -0.15) is 0 Å². The number of likely N-dealkylation sites (N-methyl/N-ethyl adjacent to an activating group) is 1. The molecule has 0 spiro atoms. The highest BCUT2D eigenvalue weighted by Gasteiger charge is 1.99. The minimum Gasteiger partial charge on any atom is -0.377 e. The summed E-state index contributed by atoms with van der Waals surface area (Å²) in [4.78, 5) is 2.35. The van der Waals surface area contributed by atoms with E-state index < -0.39 is 0 Å². The molecule has 0 bridgehead atoms. The van der Waals surface area contributed by atoms with Crippen LogP contribution >= 0.6 is 0 Å². The van der Waals surface area contributed by atoms with Gasteiger partial charge in [-0.15, -0.1) is 0 Å². The lowest BCUT2D eigenvalue weighted by molar-refractivity contribution is 0.0636. The van der Waals surface area contributed by atoms with E-state index in [1.165, 1.54) is 19.4 Å². The van der Waals surface area contributed by atoms with E-state index in [1.54, 1.807) is 0 Å². The van der Waals surface area contributed by atoms with Crippen molar-refractivity contribution < 1.29 is 4.74 Å². The molecule has 0 aromatic rings. The highest BCUT2D eigenvalue weighted by molar-refractivity contribution is 4.55. The Morgan fingerprint density at radius 3 is 2.35 bits per heavy atom. The first-order valence-electron chi connectivity index (χ1n) is 7.03. The summed E-state index contributed by atoms with van der Waals surface area (Å²) in [5, 5.41) is 3.47. The van der Waals surface area contributed by atoms with E-state index in [2.05, 4.69) is 45.0 Å². The van der Waals surface area contributed by atoms with E-state index in [0.29, 0.717) is 6.10 Å². The number of hydrogen-bond acceptors (Lipinski definition) is 3. The summed E-state index contributed by atoms with van der Waals surface area (Å²) >= 11 is 0. The molecular formula is C14H32N2O. The van der Waals surface area contributed by atoms with Crippen LogP contribution in [-0.4, -0.2) is 50.8 Å². The van der Waals surface area contributed by atoms with Gasteiger partial charge in [-0.1, -0.05) is 13.8 Å². The van der Waals surface area contributed by atoms with Crippen molar-refractivity contribution in [1.29, 1.82) is 0 Å². The van der Waals surface area contributed by atoms with Gasteiger partial charge in [0, 0.05) is 6.54 Å². The smallest absolute Gasteiger partial charge is 0.0596 e. The van der Waals surface area contributed by atoms with Crippen LogP contribution in [0.5, 0.6) is 0 Å². The van der Waals surface area contributed by atoms with Crippen LogP contribution in [0.4, 0.5) is 0 Å². The maximum absolute atomic E-state index is 5.53. The molecule has 0 atom stereocenters. The van der Waals surface area contributed by atoms with Gasteiger partial charge in [0.25, 0.3) is 0 Å². The Hall–Kier alpha value is -0.120. The quantitative estimate of drug-likeness (QED) is 0.565. The lowest BCUT2D eigenvalue weighted by atomic mass is 10.2. The van der Waals surface area contributed by atoms with E-state index in [-0.39, 0.29) is 0 Å². The van der Waals surface area contributed by atoms with Crippen molar-refractivity contribution in [3.8, 4) is 0 Å². The standard InChI is InChI=1S/C14H32N2O/c1-13(2)12-15-8-6-7-9-16(5)10-11-17-14(3)4/h13-15H,6-12H2,1-5H3. The van der Waals surface area contributed by atoms with Crippen molar-refractivity contribution in [3.63, 3.8) is 0 Å². The summed E-state index contributed by atoms with van der Waals surface area (Å²) in [5.74, 6) is 0.755. The Morgan fingerprint density at radius 2 is 1.76 bits per heavy atom. The zero-order valence-corrected chi connectivity index (χ0v) is 12.5. The molecule has 0 rings (SSSR count). The van der Waals surface area contributed by atoms with Crippen molar-refractivity contribution >= 4 is 0 Å². The van der Waals surface area contributed by atoms with Crippen molar-refractivity contribution in [2.45, 2.75) is 46.6 Å². The molecule has 0 aliphatic heterocycles. The Bertz CT molecular complexity index is 160. The average molecular weight is 244 g/mol. The first-order valence-corrected chi connectivity index (χ1v) is 7.03. The predicted octanol–water partition coefficient (Wildman–Crippen LogP) is 2.37. The number of hydrogen-bond donors (Lipinski definition) is 1. The molecular weight excluding hydrogens is 212 g/mol. The number of nitrogens with zero attached hydrogens (tertiary/aromatic N) is 1. The van der Waals surface area contributed by atoms with Crippen molar-refractivity contribution in [1.82, 2.24) is 10.2 Å². The zero-order chi connectivity index (χ0) is 13.1. The maximum atomic E-state index is 5.53. The molecule has 0 aliphatic carbocycles. The molecule has 0 radical (unpaired) electrons. The Balaban J connectivity index is 3.19. The van der Waals surface area contributed by atoms with Gasteiger partial charge in [-0.25, -0.2) is 0 Å². The molecule has 104 valence electrons. The zero-order valence-electron chi connectivity index (χ0n) is 12.5. The van der Waals surface area contributed by atoms with Crippen LogP contribution in [0.15, 0.2) is 0 Å². The monoisotopic (exact) mass is 244 g/mol. The van der Waals surface area contributed by atoms with Crippen LogP contribution < -0.4 is 5.32 Å². The molecule has 0 aliphatic rings. The van der Waals surface area contributed by atoms with Gasteiger partial charge in [0.05, 0.1) is 12.7 Å². The van der Waals surface area contributed by atoms with Crippen LogP contribution in [0.1, 0.15) is 40.5 Å². The highest BCUT2D eigenvalue weighted by Crippen LogP contribution is 1.94. The summed E-state index contributed by atoms with van der Waals surface area (Å²) in [5.41, 5.74) is 0. The van der Waals surface area contributed by atoms with E-state index in [1.807, 2.05) is 0 Å². The van der Waals surface area contributed by atoms with Gasteiger partial charge in [0.2, 0.25) is 0 Å². The number of nitrogens with one attached hydrogen (secondary N) is 1. The van der Waals surface area contributed by atoms with Gasteiger partial charge >= 0.3 is 0 Å². The Labute approximate surface area is 108 Å². The van der Waals surface area contributed by atoms with Gasteiger partial charge < -0.3 is 15.0 Å². The minimum absolute atomic E-state index is 0.351. The number of rotatable bonds is 11. The van der Waals surface area contributed by atoms with Crippen LogP contribution in [0.2, 0.25) is 0 Å². The van der Waals surface area contributed by atoms with Crippen LogP contribution in [0.3, 0.4) is 0 Å². The van der Waals surface area contributed by atoms with Crippen LogP contribution in [0, 0.1) is 5.92 Å². The largest absolute Gasteiger partial charge is 0.377 e. The maximum Gasteiger partial charge on any atom is 0.0596 e. The van der Waals surface area contributed by atoms with Crippen molar-refractivity contribution in [2.75, 3.05) is 39.8 Å². The van der Waals surface area contributed by atoms with Gasteiger partial charge in [-0.3, -0.25) is 0 Å². The fourth-order valence-corrected chi connectivity index (χ4v) is 1.58. The molecule has 3 nitrogen and oxygen atoms in total. The lowest BCUT2D eigenvalue weighted by Gasteiger charge is -2.17. The van der Waals surface area contributed by atoms with Crippen LogP contribution in [-0.2, 0) is 4.74 Å². The van der Waals surface area contributed by atoms with Crippen molar-refractivity contribution in [2.24, 2.45) is 5.92 Å². The molecule has 0 aromatic heterocycles. The second kappa shape index (κ2) is 11.0. The molecule has 1 N–H and O–H groups in total. The number of unbranched alkanes of at least 4 members (excludes halogenated alkanes) is 1. The third kappa shape index (κ3) is 13.8. The molecule has 0 saturated carbocycles. The van der Waals surface area contributed by atoms with E-state index in [0.717, 1.165) is 32.2 Å². The summed E-state index contributed by atoms with van der Waals surface area (Å²) < 4.78 is 5.53. The van der Waals surface area contributed by atoms with E-state index in [4.69, 9.17) is 4.74 Å². The number of ether oxygens (including phenoxy) is 1. The predicted molar refractivity (Wildman–Crippen MR) is 75.5 cm³/mol. The molecule has 0 fully saturated rings. The summed E-state index contributed by atoms with van der Waals surface area (Å²) in [7, 11) is 2.17. The Morgan fingerprint density at radius 1 is 1.06 bits per heavy atom. The average Bonchev–Trinajstić information content (AvgIpc) is 2.22. The van der Waals surface area contributed by atoms with Crippen molar-refractivity contribution in [3.05, 3.63) is 0 Å². The first kappa shape index (κ1) is 16.9. The van der Waals surface area contributed by atoms with E-state index >= 15 is 0 Å². The topological polar surface area (TPSA) is 24.5 Å². The van der Waals surface area contributed by atoms with Crippen LogP contribution in [0.25, 0.3) is 0 Å². The molecule has 0 unspecified atom stereocenters. The molecule has 0 saturated heterocycles.